The molecule has 106 valence electrons. The Morgan fingerprint density at radius 1 is 1.25 bits per heavy atom. The molecular weight excluding hydrogens is 246 g/mol. The molecule has 20 heavy (non-hydrogen) atoms. The van der Waals surface area contributed by atoms with E-state index in [0.29, 0.717) is 12.0 Å². The third kappa shape index (κ3) is 2.80. The summed E-state index contributed by atoms with van der Waals surface area (Å²) >= 11 is 0. The Hall–Kier alpha value is -1.54. The number of nitrogens with one attached hydrogen (secondary N) is 1. The molecule has 2 aromatic rings. The molecule has 3 unspecified atom stereocenters. The Morgan fingerprint density at radius 3 is 2.70 bits per heavy atom. The van der Waals surface area contributed by atoms with Gasteiger partial charge in [-0.3, -0.25) is 0 Å². The van der Waals surface area contributed by atoms with Gasteiger partial charge in [0.15, 0.2) is 0 Å². The summed E-state index contributed by atoms with van der Waals surface area (Å²) in [6.45, 7) is 7.43. The van der Waals surface area contributed by atoms with Gasteiger partial charge >= 0.3 is 0 Å². The Morgan fingerprint density at radius 2 is 2.00 bits per heavy atom. The average molecular weight is 269 g/mol. The molecule has 1 fully saturated rings. The second-order valence-corrected chi connectivity index (χ2v) is 6.08. The normalized spacial score (nSPS) is 22.8. The van der Waals surface area contributed by atoms with Crippen LogP contribution in [0.5, 0.6) is 0 Å². The molecule has 1 N–H and O–H groups in total. The van der Waals surface area contributed by atoms with Gasteiger partial charge in [-0.2, -0.15) is 0 Å². The zero-order chi connectivity index (χ0) is 14.1. The molecule has 2 nitrogen and oxygen atoms in total. The first-order valence-corrected chi connectivity index (χ1v) is 7.52. The summed E-state index contributed by atoms with van der Waals surface area (Å²) in [5.74, 6) is 3.67. The molecule has 1 aromatic carbocycles. The zero-order valence-electron chi connectivity index (χ0n) is 12.5. The van der Waals surface area contributed by atoms with E-state index in [-0.39, 0.29) is 0 Å². The van der Waals surface area contributed by atoms with Crippen molar-refractivity contribution in [3.8, 4) is 0 Å². The van der Waals surface area contributed by atoms with Crippen molar-refractivity contribution in [2.75, 3.05) is 0 Å². The van der Waals surface area contributed by atoms with Crippen LogP contribution in [0.3, 0.4) is 0 Å². The number of hydrogen-bond donors (Lipinski definition) is 1. The molecule has 1 aliphatic carbocycles. The van der Waals surface area contributed by atoms with Crippen LogP contribution in [0.15, 0.2) is 40.8 Å². The van der Waals surface area contributed by atoms with Gasteiger partial charge in [-0.1, -0.05) is 31.2 Å². The number of aryl methyl sites for hydroxylation is 1. The van der Waals surface area contributed by atoms with Crippen LogP contribution in [-0.2, 0) is 6.54 Å². The van der Waals surface area contributed by atoms with Crippen LogP contribution >= 0.6 is 0 Å². The first-order chi connectivity index (χ1) is 9.65. The summed E-state index contributed by atoms with van der Waals surface area (Å²) in [5, 5.41) is 3.55. The minimum Gasteiger partial charge on any atom is -0.464 e. The zero-order valence-corrected chi connectivity index (χ0v) is 12.5. The second-order valence-electron chi connectivity index (χ2n) is 6.08. The predicted octanol–water partition coefficient (Wildman–Crippen LogP) is 4.56. The third-order valence-electron chi connectivity index (χ3n) is 4.39. The summed E-state index contributed by atoms with van der Waals surface area (Å²) in [5.41, 5.74) is 2.69. The van der Waals surface area contributed by atoms with E-state index in [1.54, 1.807) is 0 Å². The van der Waals surface area contributed by atoms with Crippen LogP contribution in [0.2, 0.25) is 0 Å². The molecular formula is C18H23NO. The lowest BCUT2D eigenvalue weighted by molar-refractivity contribution is 0.430. The van der Waals surface area contributed by atoms with Gasteiger partial charge in [0.2, 0.25) is 0 Å². The number of rotatable bonds is 5. The summed E-state index contributed by atoms with van der Waals surface area (Å²) in [6, 6.07) is 13.1. The molecule has 1 aromatic heterocycles. The topological polar surface area (TPSA) is 25.2 Å². The molecule has 0 aliphatic heterocycles. The molecule has 1 aliphatic rings. The van der Waals surface area contributed by atoms with Crippen LogP contribution in [0, 0.1) is 12.8 Å². The third-order valence-corrected chi connectivity index (χ3v) is 4.39. The van der Waals surface area contributed by atoms with Gasteiger partial charge in [0.1, 0.15) is 11.5 Å². The number of hydrogen-bond acceptors (Lipinski definition) is 2. The van der Waals surface area contributed by atoms with E-state index in [2.05, 4.69) is 62.5 Å². The molecule has 1 heterocycles. The van der Waals surface area contributed by atoms with Crippen LogP contribution in [0.25, 0.3) is 0 Å². The summed E-state index contributed by atoms with van der Waals surface area (Å²) in [6.07, 6.45) is 1.28. The van der Waals surface area contributed by atoms with Gasteiger partial charge in [-0.15, -0.1) is 0 Å². The smallest absolute Gasteiger partial charge is 0.117 e. The molecule has 0 bridgehead atoms. The highest BCUT2D eigenvalue weighted by molar-refractivity contribution is 5.28. The van der Waals surface area contributed by atoms with Crippen LogP contribution in [0.4, 0.5) is 0 Å². The Bertz CT molecular complexity index is 587. The highest BCUT2D eigenvalue weighted by Crippen LogP contribution is 2.47. The highest BCUT2D eigenvalue weighted by Gasteiger charge is 2.36. The van der Waals surface area contributed by atoms with Crippen molar-refractivity contribution in [2.45, 2.75) is 45.7 Å². The molecule has 2 heteroatoms. The quantitative estimate of drug-likeness (QED) is 0.860. The lowest BCUT2D eigenvalue weighted by Gasteiger charge is -2.15. The van der Waals surface area contributed by atoms with E-state index in [1.165, 1.54) is 17.5 Å². The SMILES string of the molecule is Cc1ccccc1C(C)NCc1ccc(C2CC2C)o1. The molecule has 1 saturated carbocycles. The minimum absolute atomic E-state index is 0.338. The molecule has 3 rings (SSSR count). The minimum atomic E-state index is 0.338. The van der Waals surface area contributed by atoms with Crippen molar-refractivity contribution in [3.05, 3.63) is 59.0 Å². The Labute approximate surface area is 121 Å². The van der Waals surface area contributed by atoms with E-state index >= 15 is 0 Å². The number of furan rings is 1. The molecule has 0 saturated heterocycles. The van der Waals surface area contributed by atoms with E-state index < -0.39 is 0 Å². The van der Waals surface area contributed by atoms with Crippen LogP contribution < -0.4 is 5.32 Å². The fourth-order valence-corrected chi connectivity index (χ4v) is 2.84. The van der Waals surface area contributed by atoms with Gasteiger partial charge < -0.3 is 9.73 Å². The van der Waals surface area contributed by atoms with Gasteiger partial charge in [0.05, 0.1) is 6.54 Å². The standard InChI is InChI=1S/C18H23NO/c1-12-6-4-5-7-16(12)14(3)19-11-15-8-9-18(20-15)17-10-13(17)2/h4-9,13-14,17,19H,10-11H2,1-3H3. The summed E-state index contributed by atoms with van der Waals surface area (Å²) in [4.78, 5) is 0. The first-order valence-electron chi connectivity index (χ1n) is 7.52. The van der Waals surface area contributed by atoms with E-state index in [4.69, 9.17) is 4.42 Å². The van der Waals surface area contributed by atoms with Gasteiger partial charge in [-0.25, -0.2) is 0 Å². The van der Waals surface area contributed by atoms with Crippen molar-refractivity contribution >= 4 is 0 Å². The van der Waals surface area contributed by atoms with E-state index in [9.17, 15) is 0 Å². The van der Waals surface area contributed by atoms with Crippen molar-refractivity contribution < 1.29 is 4.42 Å². The lowest BCUT2D eigenvalue weighted by atomic mass is 10.0. The van der Waals surface area contributed by atoms with Crippen LogP contribution in [-0.4, -0.2) is 0 Å². The fourth-order valence-electron chi connectivity index (χ4n) is 2.84. The monoisotopic (exact) mass is 269 g/mol. The van der Waals surface area contributed by atoms with Crippen molar-refractivity contribution in [1.82, 2.24) is 5.32 Å². The molecule has 3 atom stereocenters. The second kappa shape index (κ2) is 5.45. The van der Waals surface area contributed by atoms with Gasteiger partial charge in [0.25, 0.3) is 0 Å². The van der Waals surface area contributed by atoms with Crippen molar-refractivity contribution in [1.29, 1.82) is 0 Å². The maximum absolute atomic E-state index is 5.93. The average Bonchev–Trinajstić information content (AvgIpc) is 3.00. The Balaban J connectivity index is 1.59. The van der Waals surface area contributed by atoms with Gasteiger partial charge in [-0.05, 0) is 49.4 Å². The predicted molar refractivity (Wildman–Crippen MR) is 81.7 cm³/mol. The van der Waals surface area contributed by atoms with E-state index in [0.717, 1.165) is 24.0 Å². The van der Waals surface area contributed by atoms with Crippen molar-refractivity contribution in [3.63, 3.8) is 0 Å². The van der Waals surface area contributed by atoms with E-state index in [1.807, 2.05) is 0 Å². The first kappa shape index (κ1) is 13.4. The maximum atomic E-state index is 5.93. The highest BCUT2D eigenvalue weighted by atomic mass is 16.3. The van der Waals surface area contributed by atoms with Gasteiger partial charge in [0, 0.05) is 12.0 Å². The number of benzene rings is 1. The fraction of sp³-hybridized carbons (Fsp3) is 0.444. The molecule has 0 radical (unpaired) electrons. The lowest BCUT2D eigenvalue weighted by Crippen LogP contribution is -2.18. The van der Waals surface area contributed by atoms with Crippen molar-refractivity contribution in [2.24, 2.45) is 5.92 Å². The molecule has 0 spiro atoms. The molecule has 0 amide bonds. The largest absolute Gasteiger partial charge is 0.464 e. The summed E-state index contributed by atoms with van der Waals surface area (Å²) < 4.78 is 5.93. The Kier molecular flexibility index (Phi) is 3.66. The summed E-state index contributed by atoms with van der Waals surface area (Å²) in [7, 11) is 0. The maximum Gasteiger partial charge on any atom is 0.117 e. The van der Waals surface area contributed by atoms with Crippen LogP contribution in [0.1, 0.15) is 54.9 Å².